The van der Waals surface area contributed by atoms with Crippen molar-refractivity contribution in [3.63, 3.8) is 0 Å². The number of amides is 3. The zero-order valence-corrected chi connectivity index (χ0v) is 16.7. The molecule has 0 aliphatic carbocycles. The summed E-state index contributed by atoms with van der Waals surface area (Å²) in [5.41, 5.74) is 2.11. The van der Waals surface area contributed by atoms with Crippen LogP contribution in [0.4, 0.5) is 16.2 Å². The fourth-order valence-corrected chi connectivity index (χ4v) is 3.31. The van der Waals surface area contributed by atoms with Crippen LogP contribution in [-0.4, -0.2) is 38.7 Å². The Morgan fingerprint density at radius 2 is 1.93 bits per heavy atom. The number of urea groups is 1. The topological polar surface area (TPSA) is 79.9 Å². The maximum atomic E-state index is 12.4. The van der Waals surface area contributed by atoms with Gasteiger partial charge in [0.05, 0.1) is 20.3 Å². The first-order valence-electron chi connectivity index (χ1n) is 8.78. The summed E-state index contributed by atoms with van der Waals surface area (Å²) >= 11 is 6.08. The van der Waals surface area contributed by atoms with Crippen LogP contribution in [0.5, 0.6) is 11.5 Å². The minimum atomic E-state index is -0.377. The first kappa shape index (κ1) is 19.8. The highest BCUT2D eigenvalue weighted by Crippen LogP contribution is 2.33. The number of methoxy groups -OCH3 is 2. The van der Waals surface area contributed by atoms with Gasteiger partial charge in [-0.25, -0.2) is 4.79 Å². The van der Waals surface area contributed by atoms with Crippen LogP contribution in [0.25, 0.3) is 0 Å². The molecule has 0 radical (unpaired) electrons. The number of carbonyl (C=O) groups is 2. The molecule has 2 aromatic carbocycles. The van der Waals surface area contributed by atoms with Gasteiger partial charge in [0.1, 0.15) is 0 Å². The number of carbonyl (C=O) groups excluding carboxylic acids is 2. The van der Waals surface area contributed by atoms with Gasteiger partial charge in [-0.3, -0.25) is 4.79 Å². The van der Waals surface area contributed by atoms with E-state index in [4.69, 9.17) is 21.1 Å². The Balaban J connectivity index is 1.66. The molecule has 0 bridgehead atoms. The second-order valence-electron chi connectivity index (χ2n) is 6.46. The monoisotopic (exact) mass is 403 g/mol. The molecule has 28 heavy (non-hydrogen) atoms. The van der Waals surface area contributed by atoms with Gasteiger partial charge < -0.3 is 25.0 Å². The molecule has 148 valence electrons. The number of nitrogens with zero attached hydrogens (tertiary/aromatic N) is 1. The fourth-order valence-electron chi connectivity index (χ4n) is 3.13. The SMILES string of the molecule is COc1ccc(N2CC(NC(=O)Nc3cccc(Cl)c3C)CC2=O)cc1OC. The molecule has 2 aromatic rings. The zero-order valence-electron chi connectivity index (χ0n) is 15.9. The fraction of sp³-hybridized carbons (Fsp3) is 0.300. The summed E-state index contributed by atoms with van der Waals surface area (Å²) in [7, 11) is 3.10. The van der Waals surface area contributed by atoms with E-state index in [2.05, 4.69) is 10.6 Å². The summed E-state index contributed by atoms with van der Waals surface area (Å²) < 4.78 is 10.5. The molecule has 2 N–H and O–H groups in total. The molecule has 1 saturated heterocycles. The van der Waals surface area contributed by atoms with Crippen LogP contribution < -0.4 is 25.0 Å². The highest BCUT2D eigenvalue weighted by molar-refractivity contribution is 6.31. The van der Waals surface area contributed by atoms with E-state index >= 15 is 0 Å². The molecule has 1 aliphatic rings. The van der Waals surface area contributed by atoms with E-state index in [0.717, 1.165) is 5.56 Å². The number of hydrogen-bond donors (Lipinski definition) is 2. The second kappa shape index (κ2) is 8.39. The standard InChI is InChI=1S/C20H22ClN3O4/c1-12-15(21)5-4-6-16(12)23-20(26)22-13-9-19(25)24(11-13)14-7-8-17(27-2)18(10-14)28-3/h4-8,10,13H,9,11H2,1-3H3,(H2,22,23,26). The summed E-state index contributed by atoms with van der Waals surface area (Å²) in [5.74, 6) is 1.05. The summed E-state index contributed by atoms with van der Waals surface area (Å²) in [5, 5.41) is 6.20. The lowest BCUT2D eigenvalue weighted by Gasteiger charge is -2.19. The van der Waals surface area contributed by atoms with Crippen molar-refractivity contribution in [2.24, 2.45) is 0 Å². The molecule has 1 aliphatic heterocycles. The molecule has 0 spiro atoms. The summed E-state index contributed by atoms with van der Waals surface area (Å²) in [6.45, 7) is 2.20. The predicted molar refractivity (Wildman–Crippen MR) is 109 cm³/mol. The molecule has 3 rings (SSSR count). The van der Waals surface area contributed by atoms with Gasteiger partial charge >= 0.3 is 6.03 Å². The zero-order chi connectivity index (χ0) is 20.3. The molecule has 0 aromatic heterocycles. The number of nitrogens with one attached hydrogen (secondary N) is 2. The van der Waals surface area contributed by atoms with Crippen molar-refractivity contribution in [2.75, 3.05) is 31.0 Å². The molecule has 0 saturated carbocycles. The van der Waals surface area contributed by atoms with Gasteiger partial charge in [0.25, 0.3) is 0 Å². The van der Waals surface area contributed by atoms with Gasteiger partial charge in [-0.05, 0) is 36.8 Å². The van der Waals surface area contributed by atoms with E-state index in [1.54, 1.807) is 55.5 Å². The van der Waals surface area contributed by atoms with Crippen molar-refractivity contribution < 1.29 is 19.1 Å². The summed E-state index contributed by atoms with van der Waals surface area (Å²) in [6, 6.07) is 9.90. The minimum Gasteiger partial charge on any atom is -0.493 e. The lowest BCUT2D eigenvalue weighted by molar-refractivity contribution is -0.117. The van der Waals surface area contributed by atoms with Crippen molar-refractivity contribution in [3.8, 4) is 11.5 Å². The quantitative estimate of drug-likeness (QED) is 0.799. The molecule has 1 unspecified atom stereocenters. The Hall–Kier alpha value is -2.93. The van der Waals surface area contributed by atoms with Crippen LogP contribution in [0.15, 0.2) is 36.4 Å². The van der Waals surface area contributed by atoms with Crippen LogP contribution >= 0.6 is 11.6 Å². The Morgan fingerprint density at radius 1 is 1.18 bits per heavy atom. The largest absolute Gasteiger partial charge is 0.493 e. The molecule has 1 atom stereocenters. The molecular weight excluding hydrogens is 382 g/mol. The number of benzene rings is 2. The van der Waals surface area contributed by atoms with E-state index in [-0.39, 0.29) is 24.4 Å². The van der Waals surface area contributed by atoms with Crippen molar-refractivity contribution in [2.45, 2.75) is 19.4 Å². The first-order chi connectivity index (χ1) is 13.4. The molecule has 1 fully saturated rings. The van der Waals surface area contributed by atoms with Crippen LogP contribution in [0.3, 0.4) is 0 Å². The molecule has 3 amide bonds. The van der Waals surface area contributed by atoms with E-state index < -0.39 is 0 Å². The van der Waals surface area contributed by atoms with Gasteiger partial charge in [-0.1, -0.05) is 17.7 Å². The Bertz CT molecular complexity index is 903. The third kappa shape index (κ3) is 4.14. The smallest absolute Gasteiger partial charge is 0.319 e. The number of halogens is 1. The summed E-state index contributed by atoms with van der Waals surface area (Å²) in [4.78, 5) is 26.4. The van der Waals surface area contributed by atoms with Gasteiger partial charge in [-0.15, -0.1) is 0 Å². The third-order valence-corrected chi connectivity index (χ3v) is 5.06. The number of anilines is 2. The molecular formula is C20H22ClN3O4. The molecule has 7 nitrogen and oxygen atoms in total. The van der Waals surface area contributed by atoms with Gasteiger partial charge in [-0.2, -0.15) is 0 Å². The van der Waals surface area contributed by atoms with Crippen LogP contribution in [0, 0.1) is 6.92 Å². The minimum absolute atomic E-state index is 0.0727. The average Bonchev–Trinajstić information content (AvgIpc) is 3.04. The maximum Gasteiger partial charge on any atom is 0.319 e. The predicted octanol–water partition coefficient (Wildman–Crippen LogP) is 3.59. The number of ether oxygens (including phenoxy) is 2. The van der Waals surface area contributed by atoms with Gasteiger partial charge in [0, 0.05) is 35.4 Å². The highest BCUT2D eigenvalue weighted by atomic mass is 35.5. The van der Waals surface area contributed by atoms with Crippen molar-refractivity contribution in [1.29, 1.82) is 0 Å². The van der Waals surface area contributed by atoms with Crippen LogP contribution in [-0.2, 0) is 4.79 Å². The second-order valence-corrected chi connectivity index (χ2v) is 6.86. The third-order valence-electron chi connectivity index (χ3n) is 4.65. The first-order valence-corrected chi connectivity index (χ1v) is 9.15. The van der Waals surface area contributed by atoms with Gasteiger partial charge in [0.15, 0.2) is 11.5 Å². The van der Waals surface area contributed by atoms with Crippen molar-refractivity contribution in [1.82, 2.24) is 5.32 Å². The lowest BCUT2D eigenvalue weighted by atomic mass is 10.2. The van der Waals surface area contributed by atoms with Crippen molar-refractivity contribution in [3.05, 3.63) is 47.0 Å². The molecule has 8 heteroatoms. The number of rotatable bonds is 5. The Morgan fingerprint density at radius 3 is 2.64 bits per heavy atom. The highest BCUT2D eigenvalue weighted by Gasteiger charge is 2.32. The van der Waals surface area contributed by atoms with E-state index in [0.29, 0.717) is 34.4 Å². The Kier molecular flexibility index (Phi) is 5.94. The molecule has 1 heterocycles. The Labute approximate surface area is 168 Å². The number of hydrogen-bond acceptors (Lipinski definition) is 4. The normalized spacial score (nSPS) is 16.1. The van der Waals surface area contributed by atoms with E-state index in [9.17, 15) is 9.59 Å². The summed E-state index contributed by atoms with van der Waals surface area (Å²) in [6.07, 6.45) is 0.219. The van der Waals surface area contributed by atoms with E-state index in [1.807, 2.05) is 6.92 Å². The van der Waals surface area contributed by atoms with Crippen LogP contribution in [0.2, 0.25) is 5.02 Å². The lowest BCUT2D eigenvalue weighted by Crippen LogP contribution is -2.39. The van der Waals surface area contributed by atoms with Gasteiger partial charge in [0.2, 0.25) is 5.91 Å². The van der Waals surface area contributed by atoms with Crippen LogP contribution in [0.1, 0.15) is 12.0 Å². The van der Waals surface area contributed by atoms with E-state index in [1.165, 1.54) is 0 Å². The maximum absolute atomic E-state index is 12.4. The average molecular weight is 404 g/mol. The van der Waals surface area contributed by atoms with Crippen molar-refractivity contribution >= 4 is 34.9 Å².